The summed E-state index contributed by atoms with van der Waals surface area (Å²) in [4.78, 5) is 21.7. The van der Waals surface area contributed by atoms with Gasteiger partial charge in [0.15, 0.2) is 0 Å². The highest BCUT2D eigenvalue weighted by atomic mass is 32.1. The van der Waals surface area contributed by atoms with E-state index in [0.29, 0.717) is 13.1 Å². The minimum absolute atomic E-state index is 0.173. The summed E-state index contributed by atoms with van der Waals surface area (Å²) in [6, 6.07) is 7.96. The minimum atomic E-state index is -0.174. The third kappa shape index (κ3) is 4.94. The Labute approximate surface area is 147 Å². The lowest BCUT2D eigenvalue weighted by Gasteiger charge is -2.23. The van der Waals surface area contributed by atoms with Crippen molar-refractivity contribution in [3.05, 3.63) is 46.3 Å². The van der Waals surface area contributed by atoms with Gasteiger partial charge in [-0.1, -0.05) is 12.1 Å². The molecule has 2 heterocycles. The Morgan fingerprint density at radius 1 is 1.21 bits per heavy atom. The van der Waals surface area contributed by atoms with Crippen LogP contribution < -0.4 is 15.5 Å². The molecule has 0 saturated carbocycles. The number of likely N-dealkylation sites (N-methyl/N-ethyl adjacent to an activating group) is 1. The standard InChI is InChI=1S/C17H25N5OS/c1-21(2)14(15-8-6-10-24-15)12-20-17(23)19-11-13-7-5-9-18-16(13)22(3)4/h5-10,14H,11-12H2,1-4H3,(H2,19,20,23)/t14-/m0/s1. The van der Waals surface area contributed by atoms with E-state index in [0.717, 1.165) is 11.4 Å². The molecule has 2 aromatic rings. The van der Waals surface area contributed by atoms with Crippen molar-refractivity contribution in [2.75, 3.05) is 39.6 Å². The van der Waals surface area contributed by atoms with Crippen LogP contribution in [0.15, 0.2) is 35.8 Å². The fraction of sp³-hybridized carbons (Fsp3) is 0.412. The van der Waals surface area contributed by atoms with Crippen molar-refractivity contribution in [2.24, 2.45) is 0 Å². The number of carbonyl (C=O) groups is 1. The average molecular weight is 347 g/mol. The number of hydrogen-bond acceptors (Lipinski definition) is 5. The van der Waals surface area contributed by atoms with E-state index in [1.165, 1.54) is 4.88 Å². The number of thiophene rings is 1. The fourth-order valence-electron chi connectivity index (χ4n) is 2.42. The number of aromatic nitrogens is 1. The van der Waals surface area contributed by atoms with Crippen LogP contribution in [0.4, 0.5) is 10.6 Å². The lowest BCUT2D eigenvalue weighted by Crippen LogP contribution is -2.40. The molecule has 2 aromatic heterocycles. The maximum Gasteiger partial charge on any atom is 0.315 e. The zero-order chi connectivity index (χ0) is 17.5. The van der Waals surface area contributed by atoms with Gasteiger partial charge in [-0.2, -0.15) is 0 Å². The summed E-state index contributed by atoms with van der Waals surface area (Å²) in [6.45, 7) is 1.01. The molecule has 0 spiro atoms. The number of nitrogens with one attached hydrogen (secondary N) is 2. The van der Waals surface area contributed by atoms with E-state index >= 15 is 0 Å². The Bertz CT molecular complexity index is 642. The largest absolute Gasteiger partial charge is 0.362 e. The molecule has 0 aliphatic carbocycles. The molecule has 0 saturated heterocycles. The molecule has 0 aliphatic heterocycles. The molecule has 0 bridgehead atoms. The predicted molar refractivity (Wildman–Crippen MR) is 99.5 cm³/mol. The molecule has 2 amide bonds. The second-order valence-electron chi connectivity index (χ2n) is 5.94. The van der Waals surface area contributed by atoms with Gasteiger partial charge in [-0.3, -0.25) is 0 Å². The van der Waals surface area contributed by atoms with Crippen LogP contribution >= 0.6 is 11.3 Å². The molecular formula is C17H25N5OS. The number of pyridine rings is 1. The first-order chi connectivity index (χ1) is 11.5. The average Bonchev–Trinajstić information content (AvgIpc) is 3.07. The lowest BCUT2D eigenvalue weighted by molar-refractivity contribution is 0.233. The fourth-order valence-corrected chi connectivity index (χ4v) is 3.34. The third-order valence-electron chi connectivity index (χ3n) is 3.68. The van der Waals surface area contributed by atoms with Gasteiger partial charge >= 0.3 is 6.03 Å². The van der Waals surface area contributed by atoms with Gasteiger partial charge in [0.1, 0.15) is 5.82 Å². The second kappa shape index (κ2) is 8.65. The number of urea groups is 1. The molecule has 7 heteroatoms. The van der Waals surface area contributed by atoms with Crippen molar-refractivity contribution in [2.45, 2.75) is 12.6 Å². The van der Waals surface area contributed by atoms with Gasteiger partial charge < -0.3 is 20.4 Å². The first-order valence-electron chi connectivity index (χ1n) is 7.81. The highest BCUT2D eigenvalue weighted by molar-refractivity contribution is 7.10. The molecular weight excluding hydrogens is 322 g/mol. The molecule has 0 radical (unpaired) electrons. The topological polar surface area (TPSA) is 60.5 Å². The van der Waals surface area contributed by atoms with Crippen molar-refractivity contribution < 1.29 is 4.79 Å². The van der Waals surface area contributed by atoms with Crippen molar-refractivity contribution in [1.29, 1.82) is 0 Å². The van der Waals surface area contributed by atoms with Crippen LogP contribution in [0, 0.1) is 0 Å². The number of amides is 2. The van der Waals surface area contributed by atoms with Crippen LogP contribution in [0.5, 0.6) is 0 Å². The van der Waals surface area contributed by atoms with E-state index < -0.39 is 0 Å². The van der Waals surface area contributed by atoms with E-state index in [2.05, 4.69) is 32.0 Å². The van der Waals surface area contributed by atoms with Gasteiger partial charge in [-0.05, 0) is 31.6 Å². The zero-order valence-electron chi connectivity index (χ0n) is 14.6. The highest BCUT2D eigenvalue weighted by Gasteiger charge is 2.16. The Kier molecular flexibility index (Phi) is 6.57. The monoisotopic (exact) mass is 347 g/mol. The molecule has 0 unspecified atom stereocenters. The van der Waals surface area contributed by atoms with Gasteiger partial charge in [-0.15, -0.1) is 11.3 Å². The SMILES string of the molecule is CN(C)c1ncccc1CNC(=O)NC[C@@H](c1cccs1)N(C)C. The number of anilines is 1. The summed E-state index contributed by atoms with van der Waals surface area (Å²) in [5.74, 6) is 0.863. The Morgan fingerprint density at radius 2 is 2.00 bits per heavy atom. The van der Waals surface area contributed by atoms with E-state index in [1.807, 2.05) is 51.3 Å². The number of hydrogen-bond donors (Lipinski definition) is 2. The van der Waals surface area contributed by atoms with Crippen molar-refractivity contribution in [3.8, 4) is 0 Å². The number of rotatable bonds is 7. The number of nitrogens with zero attached hydrogens (tertiary/aromatic N) is 3. The van der Waals surface area contributed by atoms with Gasteiger partial charge in [0.25, 0.3) is 0 Å². The van der Waals surface area contributed by atoms with E-state index in [1.54, 1.807) is 17.5 Å². The van der Waals surface area contributed by atoms with Crippen LogP contribution in [-0.2, 0) is 6.54 Å². The van der Waals surface area contributed by atoms with Crippen LogP contribution in [0.3, 0.4) is 0 Å². The first-order valence-corrected chi connectivity index (χ1v) is 8.69. The summed E-state index contributed by atoms with van der Waals surface area (Å²) < 4.78 is 0. The van der Waals surface area contributed by atoms with Crippen LogP contribution in [0.2, 0.25) is 0 Å². The molecule has 1 atom stereocenters. The lowest BCUT2D eigenvalue weighted by atomic mass is 10.2. The van der Waals surface area contributed by atoms with Gasteiger partial charge in [0.2, 0.25) is 0 Å². The van der Waals surface area contributed by atoms with E-state index in [9.17, 15) is 4.79 Å². The summed E-state index contributed by atoms with van der Waals surface area (Å²) in [5.41, 5.74) is 0.986. The normalized spacial score (nSPS) is 12.0. The maximum absolute atomic E-state index is 12.1. The molecule has 24 heavy (non-hydrogen) atoms. The molecule has 0 aromatic carbocycles. The summed E-state index contributed by atoms with van der Waals surface area (Å²) in [5, 5.41) is 7.91. The van der Waals surface area contributed by atoms with E-state index in [4.69, 9.17) is 0 Å². The Morgan fingerprint density at radius 3 is 2.62 bits per heavy atom. The Balaban J connectivity index is 1.87. The molecule has 2 N–H and O–H groups in total. The van der Waals surface area contributed by atoms with Gasteiger partial charge in [0, 0.05) is 43.8 Å². The smallest absolute Gasteiger partial charge is 0.315 e. The van der Waals surface area contributed by atoms with Crippen molar-refractivity contribution in [3.63, 3.8) is 0 Å². The molecule has 6 nitrogen and oxygen atoms in total. The van der Waals surface area contributed by atoms with Crippen LogP contribution in [-0.4, -0.2) is 50.7 Å². The third-order valence-corrected chi connectivity index (χ3v) is 4.65. The van der Waals surface area contributed by atoms with Crippen molar-refractivity contribution >= 4 is 23.2 Å². The molecule has 2 rings (SSSR count). The maximum atomic E-state index is 12.1. The summed E-state index contributed by atoms with van der Waals surface area (Å²) >= 11 is 1.70. The summed E-state index contributed by atoms with van der Waals surface area (Å²) in [6.07, 6.45) is 1.75. The van der Waals surface area contributed by atoms with Crippen LogP contribution in [0.25, 0.3) is 0 Å². The zero-order valence-corrected chi connectivity index (χ0v) is 15.4. The quantitative estimate of drug-likeness (QED) is 0.807. The molecule has 0 fully saturated rings. The van der Waals surface area contributed by atoms with Crippen LogP contribution in [0.1, 0.15) is 16.5 Å². The molecule has 0 aliphatic rings. The van der Waals surface area contributed by atoms with E-state index in [-0.39, 0.29) is 12.1 Å². The first kappa shape index (κ1) is 18.2. The summed E-state index contributed by atoms with van der Waals surface area (Å²) in [7, 11) is 7.91. The molecule has 130 valence electrons. The van der Waals surface area contributed by atoms with Gasteiger partial charge in [0.05, 0.1) is 6.04 Å². The second-order valence-corrected chi connectivity index (χ2v) is 6.92. The minimum Gasteiger partial charge on any atom is -0.362 e. The predicted octanol–water partition coefficient (Wildman–Crippen LogP) is 2.31. The Hall–Kier alpha value is -2.12. The van der Waals surface area contributed by atoms with Crippen molar-refractivity contribution in [1.82, 2.24) is 20.5 Å². The number of carbonyl (C=O) groups excluding carboxylic acids is 1. The van der Waals surface area contributed by atoms with Gasteiger partial charge in [-0.25, -0.2) is 9.78 Å². The highest BCUT2D eigenvalue weighted by Crippen LogP contribution is 2.22.